The molecule has 1 fully saturated rings. The minimum absolute atomic E-state index is 0.203. The van der Waals surface area contributed by atoms with Gasteiger partial charge in [-0.1, -0.05) is 0 Å². The molecule has 0 atom stereocenters. The van der Waals surface area contributed by atoms with Crippen molar-refractivity contribution < 1.29 is 14.6 Å². The fourth-order valence-electron chi connectivity index (χ4n) is 1.55. The molecular formula is C9H10BrFN2O2. The highest BCUT2D eigenvalue weighted by atomic mass is 79.9. The molecular weight excluding hydrogens is 267 g/mol. The largest absolute Gasteiger partial charge is 0.393 e. The summed E-state index contributed by atoms with van der Waals surface area (Å²) >= 11 is 3.11. The number of aliphatic hydroxyl groups excluding tert-OH is 1. The van der Waals surface area contributed by atoms with Crippen molar-refractivity contribution in [1.82, 2.24) is 4.98 Å². The highest BCUT2D eigenvalue weighted by Crippen LogP contribution is 2.28. The van der Waals surface area contributed by atoms with Gasteiger partial charge in [-0.3, -0.25) is 0 Å². The van der Waals surface area contributed by atoms with Crippen molar-refractivity contribution >= 4 is 21.7 Å². The predicted molar refractivity (Wildman–Crippen MR) is 56.1 cm³/mol. The number of nitrogens with zero attached hydrogens (tertiary/aromatic N) is 2. The minimum Gasteiger partial charge on any atom is -0.393 e. The SMILES string of the molecule is OCC1(O)CN(c2ncc(Br)cc2F)C1. The molecule has 2 heterocycles. The van der Waals surface area contributed by atoms with Gasteiger partial charge in [0.2, 0.25) is 0 Å². The molecule has 0 aromatic carbocycles. The third-order valence-corrected chi connectivity index (χ3v) is 2.79. The number of β-amino-alcohol motifs (C(OH)–C–C–N with tert-alkyl or cyclic N) is 1. The summed E-state index contributed by atoms with van der Waals surface area (Å²) in [6.07, 6.45) is 1.49. The van der Waals surface area contributed by atoms with Crippen LogP contribution in [0, 0.1) is 5.82 Å². The first kappa shape index (κ1) is 10.8. The summed E-state index contributed by atoms with van der Waals surface area (Å²) in [5, 5.41) is 18.4. The van der Waals surface area contributed by atoms with Crippen LogP contribution in [-0.4, -0.2) is 40.5 Å². The smallest absolute Gasteiger partial charge is 0.166 e. The summed E-state index contributed by atoms with van der Waals surface area (Å²) in [6, 6.07) is 1.32. The Balaban J connectivity index is 2.13. The topological polar surface area (TPSA) is 56.6 Å². The Hall–Kier alpha value is -0.720. The molecule has 0 bridgehead atoms. The van der Waals surface area contributed by atoms with Crippen molar-refractivity contribution in [2.24, 2.45) is 0 Å². The van der Waals surface area contributed by atoms with Crippen LogP contribution in [0.15, 0.2) is 16.7 Å². The summed E-state index contributed by atoms with van der Waals surface area (Å²) in [4.78, 5) is 5.49. The van der Waals surface area contributed by atoms with Crippen LogP contribution in [-0.2, 0) is 0 Å². The molecule has 82 valence electrons. The fraction of sp³-hybridized carbons (Fsp3) is 0.444. The maximum absolute atomic E-state index is 13.4. The number of pyridine rings is 1. The summed E-state index contributed by atoms with van der Waals surface area (Å²) in [5.41, 5.74) is -1.11. The van der Waals surface area contributed by atoms with Crippen molar-refractivity contribution in [2.45, 2.75) is 5.60 Å². The van der Waals surface area contributed by atoms with Crippen LogP contribution >= 0.6 is 15.9 Å². The van der Waals surface area contributed by atoms with Gasteiger partial charge in [0.1, 0.15) is 5.60 Å². The zero-order chi connectivity index (χ0) is 11.1. The highest BCUT2D eigenvalue weighted by molar-refractivity contribution is 9.10. The molecule has 4 nitrogen and oxygen atoms in total. The molecule has 1 aliphatic rings. The quantitative estimate of drug-likeness (QED) is 0.827. The highest BCUT2D eigenvalue weighted by Gasteiger charge is 2.42. The number of rotatable bonds is 2. The number of aromatic nitrogens is 1. The lowest BCUT2D eigenvalue weighted by Gasteiger charge is -2.46. The average Bonchev–Trinajstić information content (AvgIpc) is 2.14. The number of halogens is 2. The zero-order valence-corrected chi connectivity index (χ0v) is 9.41. The molecule has 6 heteroatoms. The van der Waals surface area contributed by atoms with Crippen molar-refractivity contribution in [3.63, 3.8) is 0 Å². The van der Waals surface area contributed by atoms with E-state index >= 15 is 0 Å². The number of aliphatic hydroxyl groups is 2. The second-order valence-electron chi connectivity index (χ2n) is 3.70. The van der Waals surface area contributed by atoms with Crippen molar-refractivity contribution in [1.29, 1.82) is 0 Å². The van der Waals surface area contributed by atoms with E-state index in [0.717, 1.165) is 0 Å². The normalized spacial score (nSPS) is 18.8. The van der Waals surface area contributed by atoms with Crippen LogP contribution in [0.2, 0.25) is 0 Å². The van der Waals surface area contributed by atoms with Crippen molar-refractivity contribution in [3.05, 3.63) is 22.6 Å². The Morgan fingerprint density at radius 2 is 2.27 bits per heavy atom. The molecule has 1 aromatic rings. The fourth-order valence-corrected chi connectivity index (χ4v) is 1.86. The third kappa shape index (κ3) is 1.97. The van der Waals surface area contributed by atoms with E-state index in [4.69, 9.17) is 5.11 Å². The second kappa shape index (κ2) is 3.70. The van der Waals surface area contributed by atoms with E-state index in [-0.39, 0.29) is 25.5 Å². The van der Waals surface area contributed by atoms with Crippen LogP contribution in [0.25, 0.3) is 0 Å². The summed E-state index contributed by atoms with van der Waals surface area (Å²) in [6.45, 7) is 0.0890. The van der Waals surface area contributed by atoms with E-state index in [9.17, 15) is 9.50 Å². The molecule has 0 unspecified atom stereocenters. The Kier molecular flexibility index (Phi) is 2.66. The van der Waals surface area contributed by atoms with Gasteiger partial charge in [-0.05, 0) is 22.0 Å². The lowest BCUT2D eigenvalue weighted by molar-refractivity contribution is -0.0366. The van der Waals surface area contributed by atoms with Gasteiger partial charge in [0, 0.05) is 10.7 Å². The average molecular weight is 277 g/mol. The van der Waals surface area contributed by atoms with Crippen LogP contribution in [0.4, 0.5) is 10.2 Å². The van der Waals surface area contributed by atoms with Gasteiger partial charge < -0.3 is 15.1 Å². The van der Waals surface area contributed by atoms with Gasteiger partial charge in [0.05, 0.1) is 19.7 Å². The molecule has 1 saturated heterocycles. The van der Waals surface area contributed by atoms with Gasteiger partial charge in [-0.25, -0.2) is 9.37 Å². The number of anilines is 1. The Morgan fingerprint density at radius 1 is 1.60 bits per heavy atom. The van der Waals surface area contributed by atoms with Gasteiger partial charge in [-0.15, -0.1) is 0 Å². The lowest BCUT2D eigenvalue weighted by Crippen LogP contribution is -2.64. The van der Waals surface area contributed by atoms with Crippen molar-refractivity contribution in [2.75, 3.05) is 24.6 Å². The Labute approximate surface area is 94.5 Å². The maximum atomic E-state index is 13.4. The van der Waals surface area contributed by atoms with E-state index in [1.165, 1.54) is 12.3 Å². The second-order valence-corrected chi connectivity index (χ2v) is 4.61. The molecule has 1 aliphatic heterocycles. The number of hydrogen-bond acceptors (Lipinski definition) is 4. The molecule has 0 saturated carbocycles. The molecule has 2 N–H and O–H groups in total. The number of hydrogen-bond donors (Lipinski definition) is 2. The summed E-state index contributed by atoms with van der Waals surface area (Å²) in [5.74, 6) is -0.235. The van der Waals surface area contributed by atoms with E-state index in [2.05, 4.69) is 20.9 Å². The summed E-state index contributed by atoms with van der Waals surface area (Å²) < 4.78 is 14.0. The standard InChI is InChI=1S/C9H10BrFN2O2/c10-6-1-7(11)8(12-2-6)13-3-9(15,4-13)5-14/h1-2,14-15H,3-5H2. The van der Waals surface area contributed by atoms with Gasteiger partial charge >= 0.3 is 0 Å². The first-order valence-electron chi connectivity index (χ1n) is 4.43. The molecule has 15 heavy (non-hydrogen) atoms. The molecule has 0 aliphatic carbocycles. The first-order valence-corrected chi connectivity index (χ1v) is 5.23. The Bertz CT molecular complexity index is 382. The van der Waals surface area contributed by atoms with Crippen molar-refractivity contribution in [3.8, 4) is 0 Å². The van der Waals surface area contributed by atoms with E-state index in [0.29, 0.717) is 4.47 Å². The minimum atomic E-state index is -1.11. The Morgan fingerprint density at radius 3 is 2.80 bits per heavy atom. The first-order chi connectivity index (χ1) is 7.04. The van der Waals surface area contributed by atoms with Crippen LogP contribution in [0.3, 0.4) is 0 Å². The summed E-state index contributed by atoms with van der Waals surface area (Å²) in [7, 11) is 0. The van der Waals surface area contributed by atoms with Gasteiger partial charge in [-0.2, -0.15) is 0 Å². The zero-order valence-electron chi connectivity index (χ0n) is 7.82. The maximum Gasteiger partial charge on any atom is 0.166 e. The van der Waals surface area contributed by atoms with Gasteiger partial charge in [0.15, 0.2) is 11.6 Å². The van der Waals surface area contributed by atoms with Crippen LogP contribution < -0.4 is 4.90 Å². The molecule has 0 radical (unpaired) electrons. The van der Waals surface area contributed by atoms with Gasteiger partial charge in [0.25, 0.3) is 0 Å². The van der Waals surface area contributed by atoms with E-state index < -0.39 is 11.4 Å². The molecule has 2 rings (SSSR count). The predicted octanol–water partition coefficient (Wildman–Crippen LogP) is 0.527. The van der Waals surface area contributed by atoms with Crippen LogP contribution in [0.5, 0.6) is 0 Å². The lowest BCUT2D eigenvalue weighted by atomic mass is 9.95. The molecule has 0 amide bonds. The van der Waals surface area contributed by atoms with Crippen LogP contribution in [0.1, 0.15) is 0 Å². The van der Waals surface area contributed by atoms with E-state index in [1.807, 2.05) is 0 Å². The third-order valence-electron chi connectivity index (χ3n) is 2.35. The van der Waals surface area contributed by atoms with E-state index in [1.54, 1.807) is 4.90 Å². The molecule has 1 aromatic heterocycles. The monoisotopic (exact) mass is 276 g/mol. The molecule has 0 spiro atoms.